The molecule has 2 atom stereocenters. The molecule has 2 aliphatic rings. The highest BCUT2D eigenvalue weighted by atomic mass is 14.2. The van der Waals surface area contributed by atoms with Crippen LogP contribution in [0.3, 0.4) is 0 Å². The lowest BCUT2D eigenvalue weighted by Crippen LogP contribution is -1.92. The lowest BCUT2D eigenvalue weighted by Gasteiger charge is -2.09. The van der Waals surface area contributed by atoms with Crippen molar-refractivity contribution in [3.63, 3.8) is 0 Å². The summed E-state index contributed by atoms with van der Waals surface area (Å²) in [5.74, 6) is 1.11. The third-order valence-corrected chi connectivity index (χ3v) is 4.75. The highest BCUT2D eigenvalue weighted by molar-refractivity contribution is 5.63. The fraction of sp³-hybridized carbons (Fsp3) is 0.182. The molecular formula is C22H20. The van der Waals surface area contributed by atoms with Crippen LogP contribution in [0, 0.1) is 0 Å². The van der Waals surface area contributed by atoms with Crippen LogP contribution in [0.5, 0.6) is 0 Å². The molecule has 0 aromatic heterocycles. The average molecular weight is 284 g/mol. The van der Waals surface area contributed by atoms with Gasteiger partial charge < -0.3 is 0 Å². The number of rotatable bonds is 4. The summed E-state index contributed by atoms with van der Waals surface area (Å²) >= 11 is 0. The molecule has 0 saturated heterocycles. The summed E-state index contributed by atoms with van der Waals surface area (Å²) in [5, 5.41) is 0. The Morgan fingerprint density at radius 1 is 0.636 bits per heavy atom. The molecule has 0 amide bonds. The van der Waals surface area contributed by atoms with Crippen molar-refractivity contribution in [1.29, 1.82) is 0 Å². The average Bonchev–Trinajstić information content (AvgIpc) is 3.16. The minimum atomic E-state index is 0.554. The van der Waals surface area contributed by atoms with Crippen LogP contribution < -0.4 is 0 Å². The summed E-state index contributed by atoms with van der Waals surface area (Å²) in [5.41, 5.74) is 5.71. The molecule has 0 aliphatic heterocycles. The Kier molecular flexibility index (Phi) is 3.52. The van der Waals surface area contributed by atoms with Crippen molar-refractivity contribution in [1.82, 2.24) is 0 Å². The van der Waals surface area contributed by atoms with Gasteiger partial charge >= 0.3 is 0 Å². The molecule has 0 saturated carbocycles. The van der Waals surface area contributed by atoms with E-state index in [-0.39, 0.29) is 0 Å². The maximum Gasteiger partial charge on any atom is 0.00617 e. The van der Waals surface area contributed by atoms with Crippen LogP contribution in [-0.2, 0) is 0 Å². The maximum atomic E-state index is 2.35. The number of fused-ring (bicyclic) bond motifs is 2. The van der Waals surface area contributed by atoms with E-state index in [0.717, 1.165) is 12.8 Å². The lowest BCUT2D eigenvalue weighted by atomic mass is 9.95. The Morgan fingerprint density at radius 2 is 1.09 bits per heavy atom. The van der Waals surface area contributed by atoms with Crippen molar-refractivity contribution < 1.29 is 0 Å². The highest BCUT2D eigenvalue weighted by Gasteiger charge is 2.16. The summed E-state index contributed by atoms with van der Waals surface area (Å²) in [6, 6.07) is 17.4. The molecule has 4 rings (SSSR count). The van der Waals surface area contributed by atoms with Gasteiger partial charge in [-0.25, -0.2) is 0 Å². The number of benzene rings is 2. The summed E-state index contributed by atoms with van der Waals surface area (Å²) in [4.78, 5) is 0. The normalized spacial score (nSPS) is 21.5. The van der Waals surface area contributed by atoms with Gasteiger partial charge in [0.2, 0.25) is 0 Å². The molecule has 108 valence electrons. The second-order valence-corrected chi connectivity index (χ2v) is 6.13. The summed E-state index contributed by atoms with van der Waals surface area (Å²) < 4.78 is 0. The van der Waals surface area contributed by atoms with Gasteiger partial charge in [-0.3, -0.25) is 0 Å². The minimum Gasteiger partial charge on any atom is -0.0876 e. The van der Waals surface area contributed by atoms with Gasteiger partial charge in [0.1, 0.15) is 0 Å². The minimum absolute atomic E-state index is 0.554. The van der Waals surface area contributed by atoms with Crippen LogP contribution in [-0.4, -0.2) is 0 Å². The summed E-state index contributed by atoms with van der Waals surface area (Å²) in [7, 11) is 0. The standard InChI is InChI=1S/C22H20/c1(7-17-13-15-19-9-3-5-11-21(17)19)2-8-18-14-16-20-10-4-6-12-22(18)20/h1-6,9-18H,7-8H2/b2-1+. The topological polar surface area (TPSA) is 0 Å². The quantitative estimate of drug-likeness (QED) is 0.609. The van der Waals surface area contributed by atoms with Crippen LogP contribution >= 0.6 is 0 Å². The second-order valence-electron chi connectivity index (χ2n) is 6.13. The SMILES string of the molecule is C1=CC(C/C=C/CC2C=Cc3ccccc32)c2ccccc21. The largest absolute Gasteiger partial charge is 0.0876 e. The molecule has 0 spiro atoms. The van der Waals surface area contributed by atoms with E-state index < -0.39 is 0 Å². The van der Waals surface area contributed by atoms with E-state index in [4.69, 9.17) is 0 Å². The highest BCUT2D eigenvalue weighted by Crippen LogP contribution is 2.34. The van der Waals surface area contributed by atoms with Crippen molar-refractivity contribution in [3.8, 4) is 0 Å². The van der Waals surface area contributed by atoms with Gasteiger partial charge in [-0.15, -0.1) is 0 Å². The Labute approximate surface area is 132 Å². The van der Waals surface area contributed by atoms with Gasteiger partial charge in [-0.05, 0) is 35.1 Å². The third kappa shape index (κ3) is 2.46. The second kappa shape index (κ2) is 5.81. The Morgan fingerprint density at radius 3 is 1.59 bits per heavy atom. The number of allylic oxidation sites excluding steroid dienone is 4. The molecule has 2 aliphatic carbocycles. The molecular weight excluding hydrogens is 264 g/mol. The van der Waals surface area contributed by atoms with Crippen LogP contribution in [0.2, 0.25) is 0 Å². The number of hydrogen-bond acceptors (Lipinski definition) is 0. The Hall–Kier alpha value is -2.34. The zero-order valence-corrected chi connectivity index (χ0v) is 12.7. The molecule has 0 fully saturated rings. The Bertz CT molecular complexity index is 696. The molecule has 0 heteroatoms. The van der Waals surface area contributed by atoms with Crippen molar-refractivity contribution in [2.45, 2.75) is 24.7 Å². The van der Waals surface area contributed by atoms with Crippen molar-refractivity contribution in [3.05, 3.63) is 95.1 Å². The van der Waals surface area contributed by atoms with E-state index in [0.29, 0.717) is 11.8 Å². The van der Waals surface area contributed by atoms with E-state index in [1.807, 2.05) is 0 Å². The molecule has 2 aromatic carbocycles. The van der Waals surface area contributed by atoms with Gasteiger partial charge in [0.05, 0.1) is 0 Å². The fourth-order valence-electron chi connectivity index (χ4n) is 3.54. The van der Waals surface area contributed by atoms with Gasteiger partial charge in [-0.2, -0.15) is 0 Å². The van der Waals surface area contributed by atoms with Gasteiger partial charge in [0, 0.05) is 11.8 Å². The fourth-order valence-corrected chi connectivity index (χ4v) is 3.54. The predicted octanol–water partition coefficient (Wildman–Crippen LogP) is 5.94. The summed E-state index contributed by atoms with van der Waals surface area (Å²) in [6.07, 6.45) is 16.1. The van der Waals surface area contributed by atoms with Gasteiger partial charge in [-0.1, -0.05) is 85.0 Å². The van der Waals surface area contributed by atoms with Crippen molar-refractivity contribution >= 4 is 12.2 Å². The van der Waals surface area contributed by atoms with E-state index in [2.05, 4.69) is 85.0 Å². The monoisotopic (exact) mass is 284 g/mol. The van der Waals surface area contributed by atoms with E-state index in [1.54, 1.807) is 0 Å². The van der Waals surface area contributed by atoms with Crippen molar-refractivity contribution in [2.75, 3.05) is 0 Å². The molecule has 0 radical (unpaired) electrons. The molecule has 22 heavy (non-hydrogen) atoms. The van der Waals surface area contributed by atoms with Crippen LogP contribution in [0.15, 0.2) is 72.8 Å². The molecule has 0 bridgehead atoms. The van der Waals surface area contributed by atoms with Gasteiger partial charge in [0.15, 0.2) is 0 Å². The first-order valence-electron chi connectivity index (χ1n) is 8.11. The first kappa shape index (κ1) is 13.3. The van der Waals surface area contributed by atoms with Crippen LogP contribution in [0.25, 0.3) is 12.2 Å². The van der Waals surface area contributed by atoms with E-state index >= 15 is 0 Å². The molecule has 2 unspecified atom stereocenters. The summed E-state index contributed by atoms with van der Waals surface area (Å²) in [6.45, 7) is 0. The predicted molar refractivity (Wildman–Crippen MR) is 94.8 cm³/mol. The zero-order chi connectivity index (χ0) is 14.8. The van der Waals surface area contributed by atoms with Crippen molar-refractivity contribution in [2.24, 2.45) is 0 Å². The van der Waals surface area contributed by atoms with Crippen LogP contribution in [0.1, 0.15) is 46.9 Å². The third-order valence-electron chi connectivity index (χ3n) is 4.75. The first-order chi connectivity index (χ1) is 10.9. The molecule has 2 aromatic rings. The lowest BCUT2D eigenvalue weighted by molar-refractivity contribution is 0.848. The van der Waals surface area contributed by atoms with E-state index in [1.165, 1.54) is 22.3 Å². The first-order valence-corrected chi connectivity index (χ1v) is 8.11. The Balaban J connectivity index is 1.37. The molecule has 0 N–H and O–H groups in total. The number of hydrogen-bond donors (Lipinski definition) is 0. The maximum absolute atomic E-state index is 2.35. The molecule has 0 nitrogen and oxygen atoms in total. The zero-order valence-electron chi connectivity index (χ0n) is 12.7. The van der Waals surface area contributed by atoms with Crippen LogP contribution in [0.4, 0.5) is 0 Å². The molecule has 0 heterocycles. The smallest absolute Gasteiger partial charge is 0.00617 e. The van der Waals surface area contributed by atoms with E-state index in [9.17, 15) is 0 Å². The van der Waals surface area contributed by atoms with Gasteiger partial charge in [0.25, 0.3) is 0 Å².